The van der Waals surface area contributed by atoms with Crippen LogP contribution in [-0.2, 0) is 9.53 Å². The van der Waals surface area contributed by atoms with Gasteiger partial charge in [0.1, 0.15) is 17.4 Å². The van der Waals surface area contributed by atoms with Gasteiger partial charge in [-0.15, -0.1) is 0 Å². The number of hydrogen-bond donors (Lipinski definition) is 1. The summed E-state index contributed by atoms with van der Waals surface area (Å²) in [6.45, 7) is 5.63. The molecular formula is C17H22N2O3. The van der Waals surface area contributed by atoms with Crippen LogP contribution < -0.4 is 10.1 Å². The summed E-state index contributed by atoms with van der Waals surface area (Å²) in [5.41, 5.74) is 0.00750. The lowest BCUT2D eigenvalue weighted by Gasteiger charge is -2.27. The van der Waals surface area contributed by atoms with E-state index in [-0.39, 0.29) is 17.9 Å². The van der Waals surface area contributed by atoms with Crippen LogP contribution in [0.2, 0.25) is 0 Å². The molecule has 1 aliphatic rings. The van der Waals surface area contributed by atoms with Crippen molar-refractivity contribution in [2.24, 2.45) is 5.92 Å². The highest BCUT2D eigenvalue weighted by atomic mass is 16.5. The van der Waals surface area contributed by atoms with Gasteiger partial charge in [0.05, 0.1) is 17.4 Å². The van der Waals surface area contributed by atoms with E-state index in [2.05, 4.69) is 11.4 Å². The fraction of sp³-hybridized carbons (Fsp3) is 0.529. The minimum Gasteiger partial charge on any atom is -0.491 e. The Morgan fingerprint density at radius 1 is 1.45 bits per heavy atom. The summed E-state index contributed by atoms with van der Waals surface area (Å²) in [5.74, 6) is 0.638. The van der Waals surface area contributed by atoms with E-state index >= 15 is 0 Å². The summed E-state index contributed by atoms with van der Waals surface area (Å²) in [4.78, 5) is 12.5. The molecule has 0 saturated heterocycles. The zero-order chi connectivity index (χ0) is 16.3. The lowest BCUT2D eigenvalue weighted by molar-refractivity contribution is -0.138. The molecule has 1 aromatic carbocycles. The van der Waals surface area contributed by atoms with E-state index in [4.69, 9.17) is 9.47 Å². The van der Waals surface area contributed by atoms with Crippen LogP contribution >= 0.6 is 0 Å². The molecule has 1 amide bonds. The summed E-state index contributed by atoms with van der Waals surface area (Å²) >= 11 is 0. The Morgan fingerprint density at radius 3 is 2.64 bits per heavy atom. The fourth-order valence-corrected chi connectivity index (χ4v) is 2.40. The number of carbonyl (C=O) groups is 1. The molecule has 22 heavy (non-hydrogen) atoms. The quantitative estimate of drug-likeness (QED) is 0.876. The number of nitriles is 1. The minimum absolute atomic E-state index is 0.0265. The minimum atomic E-state index is -0.847. The van der Waals surface area contributed by atoms with Crippen LogP contribution in [0, 0.1) is 17.2 Å². The molecule has 1 unspecified atom stereocenters. The third-order valence-corrected chi connectivity index (χ3v) is 3.96. The second kappa shape index (κ2) is 6.37. The molecule has 118 valence electrons. The summed E-state index contributed by atoms with van der Waals surface area (Å²) in [6.07, 6.45) is 2.01. The molecule has 0 heterocycles. The maximum atomic E-state index is 12.5. The molecule has 5 nitrogen and oxygen atoms in total. The third kappa shape index (κ3) is 3.40. The van der Waals surface area contributed by atoms with Crippen molar-refractivity contribution in [3.8, 4) is 11.8 Å². The van der Waals surface area contributed by atoms with E-state index in [1.807, 2.05) is 13.8 Å². The Hall–Kier alpha value is -2.06. The molecule has 0 bridgehead atoms. The highest BCUT2D eigenvalue weighted by Crippen LogP contribution is 2.42. The largest absolute Gasteiger partial charge is 0.491 e. The Morgan fingerprint density at radius 2 is 2.14 bits per heavy atom. The molecule has 0 spiro atoms. The molecule has 1 N–H and O–H groups in total. The van der Waals surface area contributed by atoms with Gasteiger partial charge in [0.25, 0.3) is 5.91 Å². The first-order chi connectivity index (χ1) is 10.4. The van der Waals surface area contributed by atoms with Gasteiger partial charge < -0.3 is 14.8 Å². The van der Waals surface area contributed by atoms with Gasteiger partial charge in [0.15, 0.2) is 0 Å². The number of benzene rings is 1. The Kier molecular flexibility index (Phi) is 4.72. The summed E-state index contributed by atoms with van der Waals surface area (Å²) in [5, 5.41) is 12.1. The molecular weight excluding hydrogens is 280 g/mol. The van der Waals surface area contributed by atoms with Crippen LogP contribution in [0.25, 0.3) is 0 Å². The van der Waals surface area contributed by atoms with Gasteiger partial charge in [-0.3, -0.25) is 4.79 Å². The van der Waals surface area contributed by atoms with Crippen LogP contribution in [0.3, 0.4) is 0 Å². The van der Waals surface area contributed by atoms with E-state index in [0.29, 0.717) is 17.0 Å². The van der Waals surface area contributed by atoms with Crippen LogP contribution in [0.15, 0.2) is 18.2 Å². The lowest BCUT2D eigenvalue weighted by atomic mass is 9.98. The first-order valence-corrected chi connectivity index (χ1v) is 7.48. The Balaban J connectivity index is 2.18. The smallest absolute Gasteiger partial charge is 0.256 e. The van der Waals surface area contributed by atoms with Crippen LogP contribution in [0.5, 0.6) is 5.75 Å². The topological polar surface area (TPSA) is 71.3 Å². The number of nitrogens with one attached hydrogen (secondary N) is 1. The first kappa shape index (κ1) is 16.3. The summed E-state index contributed by atoms with van der Waals surface area (Å²) < 4.78 is 11.0. The van der Waals surface area contributed by atoms with E-state index in [0.717, 1.165) is 12.8 Å². The molecule has 2 rings (SSSR count). The Labute approximate surface area is 131 Å². The zero-order valence-corrected chi connectivity index (χ0v) is 13.5. The SMILES string of the molecule is COC(C)(C(=O)Nc1ccc(OC(C)C)cc1C#N)C1CC1. The molecule has 1 aliphatic carbocycles. The van der Waals surface area contributed by atoms with Gasteiger partial charge in [0.2, 0.25) is 0 Å². The maximum Gasteiger partial charge on any atom is 0.256 e. The molecule has 0 radical (unpaired) electrons. The van der Waals surface area contributed by atoms with Gasteiger partial charge in [-0.1, -0.05) is 0 Å². The average molecular weight is 302 g/mol. The highest BCUT2D eigenvalue weighted by Gasteiger charge is 2.47. The monoisotopic (exact) mass is 302 g/mol. The van der Waals surface area contributed by atoms with Crippen LogP contribution in [-0.4, -0.2) is 24.7 Å². The van der Waals surface area contributed by atoms with Crippen molar-refractivity contribution in [3.05, 3.63) is 23.8 Å². The third-order valence-electron chi connectivity index (χ3n) is 3.96. The zero-order valence-electron chi connectivity index (χ0n) is 13.5. The standard InChI is InChI=1S/C17H22N2O3/c1-11(2)22-14-7-8-15(12(9-14)10-18)19-16(20)17(3,21-4)13-5-6-13/h7-9,11,13H,5-6H2,1-4H3,(H,19,20). The molecule has 0 aliphatic heterocycles. The number of rotatable bonds is 6. The molecule has 0 aromatic heterocycles. The maximum absolute atomic E-state index is 12.5. The number of ether oxygens (including phenoxy) is 2. The Bertz CT molecular complexity index is 602. The number of nitrogens with zero attached hydrogens (tertiary/aromatic N) is 1. The molecule has 1 atom stereocenters. The lowest BCUT2D eigenvalue weighted by Crippen LogP contribution is -2.44. The van der Waals surface area contributed by atoms with Gasteiger partial charge in [-0.05, 0) is 51.7 Å². The van der Waals surface area contributed by atoms with Gasteiger partial charge in [-0.2, -0.15) is 5.26 Å². The highest BCUT2D eigenvalue weighted by molar-refractivity contribution is 5.98. The van der Waals surface area contributed by atoms with Crippen molar-refractivity contribution >= 4 is 11.6 Å². The number of hydrogen-bond acceptors (Lipinski definition) is 4. The van der Waals surface area contributed by atoms with E-state index in [9.17, 15) is 10.1 Å². The molecule has 1 aromatic rings. The number of carbonyl (C=O) groups excluding carboxylic acids is 1. The normalized spacial score (nSPS) is 16.7. The van der Waals surface area contributed by atoms with Gasteiger partial charge in [0, 0.05) is 13.2 Å². The number of anilines is 1. The number of methoxy groups -OCH3 is 1. The van der Waals surface area contributed by atoms with Crippen molar-refractivity contribution in [1.82, 2.24) is 0 Å². The van der Waals surface area contributed by atoms with Gasteiger partial charge in [-0.25, -0.2) is 0 Å². The van der Waals surface area contributed by atoms with Crippen LogP contribution in [0.1, 0.15) is 39.2 Å². The molecule has 1 saturated carbocycles. The summed E-state index contributed by atoms with van der Waals surface area (Å²) in [6, 6.07) is 7.17. The van der Waals surface area contributed by atoms with Gasteiger partial charge >= 0.3 is 0 Å². The van der Waals surface area contributed by atoms with Crippen molar-refractivity contribution in [2.45, 2.75) is 45.3 Å². The molecule has 1 fully saturated rings. The van der Waals surface area contributed by atoms with Crippen molar-refractivity contribution in [3.63, 3.8) is 0 Å². The predicted octanol–water partition coefficient (Wildman–Crippen LogP) is 3.10. The second-order valence-electron chi connectivity index (χ2n) is 6.03. The second-order valence-corrected chi connectivity index (χ2v) is 6.03. The number of amides is 1. The van der Waals surface area contributed by atoms with Crippen molar-refractivity contribution < 1.29 is 14.3 Å². The van der Waals surface area contributed by atoms with Crippen molar-refractivity contribution in [1.29, 1.82) is 5.26 Å². The molecule has 5 heteroatoms. The average Bonchev–Trinajstić information content (AvgIpc) is 3.32. The van der Waals surface area contributed by atoms with E-state index in [1.54, 1.807) is 32.2 Å². The fourth-order valence-electron chi connectivity index (χ4n) is 2.40. The van der Waals surface area contributed by atoms with E-state index in [1.165, 1.54) is 0 Å². The van der Waals surface area contributed by atoms with Crippen molar-refractivity contribution in [2.75, 3.05) is 12.4 Å². The van der Waals surface area contributed by atoms with Crippen LogP contribution in [0.4, 0.5) is 5.69 Å². The predicted molar refractivity (Wildman–Crippen MR) is 83.7 cm³/mol. The summed E-state index contributed by atoms with van der Waals surface area (Å²) in [7, 11) is 1.54. The van der Waals surface area contributed by atoms with E-state index < -0.39 is 5.60 Å². The first-order valence-electron chi connectivity index (χ1n) is 7.48.